The predicted molar refractivity (Wildman–Crippen MR) is 36.2 cm³/mol. The first-order valence-corrected chi connectivity index (χ1v) is 4.34. The molecule has 0 fully saturated rings. The molecule has 7 heavy (non-hydrogen) atoms. The molecule has 0 saturated heterocycles. The zero-order valence-electron chi connectivity index (χ0n) is 3.39. The van der Waals surface area contributed by atoms with E-state index in [4.69, 9.17) is 9.59 Å². The van der Waals surface area contributed by atoms with Gasteiger partial charge in [0.05, 0.1) is 0 Å². The van der Waals surface area contributed by atoms with Gasteiger partial charge in [-0.05, 0) is 13.1 Å². The second kappa shape index (κ2) is 7.52. The fourth-order valence-corrected chi connectivity index (χ4v) is 0. The molecule has 0 saturated carbocycles. The van der Waals surface area contributed by atoms with Crippen molar-refractivity contribution >= 4 is 111 Å². The van der Waals surface area contributed by atoms with Crippen LogP contribution in [-0.4, -0.2) is 121 Å². The Kier molecular flexibility index (Phi) is 18.0. The molecule has 0 aromatic heterocycles. The van der Waals surface area contributed by atoms with E-state index in [9.17, 15) is 0 Å². The average molecular weight is 172 g/mol. The summed E-state index contributed by atoms with van der Waals surface area (Å²) in [6.45, 7) is 2.88. The van der Waals surface area contributed by atoms with E-state index in [-0.39, 0.29) is 103 Å². The molecule has 0 bridgehead atoms. The Morgan fingerprint density at radius 1 is 1.00 bits per heavy atom. The summed E-state index contributed by atoms with van der Waals surface area (Å²) in [5.74, 6) is 0. The van der Waals surface area contributed by atoms with Gasteiger partial charge in [0.15, 0.2) is 0 Å². The third-order valence-electron chi connectivity index (χ3n) is 0. The van der Waals surface area contributed by atoms with E-state index in [1.807, 2.05) is 0 Å². The first-order valence-electron chi connectivity index (χ1n) is 1.45. The van der Waals surface area contributed by atoms with Gasteiger partial charge in [0, 0.05) is 0 Å². The summed E-state index contributed by atoms with van der Waals surface area (Å²) in [5, 5.41) is 0. The molecule has 0 unspecified atom stereocenters. The van der Waals surface area contributed by atoms with Gasteiger partial charge in [0.1, 0.15) is 0 Å². The van der Waals surface area contributed by atoms with E-state index in [1.165, 1.54) is 13.1 Å². The third-order valence-corrected chi connectivity index (χ3v) is 0. The molecule has 2 N–H and O–H groups in total. The van der Waals surface area contributed by atoms with Crippen LogP contribution >= 0.6 is 0 Å². The van der Waals surface area contributed by atoms with E-state index in [0.29, 0.717) is 0 Å². The summed E-state index contributed by atoms with van der Waals surface area (Å²) in [7, 11) is -2.61. The molecule has 0 aliphatic rings. The predicted octanol–water partition coefficient (Wildman–Crippen LogP) is -1.62. The van der Waals surface area contributed by atoms with Crippen LogP contribution in [0.15, 0.2) is 0 Å². The zero-order valence-corrected chi connectivity index (χ0v) is 4.39. The molecule has 0 aliphatic carbocycles. The van der Waals surface area contributed by atoms with Crippen LogP contribution in [0.5, 0.6) is 0 Å². The SMILES string of the molecule is C[Si](C)(O)O.[KH].[KH]. The van der Waals surface area contributed by atoms with Crippen molar-refractivity contribution in [1.29, 1.82) is 0 Å². The molecule has 0 atom stereocenters. The maximum absolute atomic E-state index is 8.22. The van der Waals surface area contributed by atoms with Crippen LogP contribution in [0.2, 0.25) is 13.1 Å². The van der Waals surface area contributed by atoms with Crippen LogP contribution in [0.4, 0.5) is 0 Å². The second-order valence-electron chi connectivity index (χ2n) is 1.49. The van der Waals surface area contributed by atoms with Gasteiger partial charge in [0.2, 0.25) is 0 Å². The van der Waals surface area contributed by atoms with Gasteiger partial charge in [-0.3, -0.25) is 0 Å². The van der Waals surface area contributed by atoms with Crippen molar-refractivity contribution in [3.05, 3.63) is 0 Å². The van der Waals surface area contributed by atoms with Crippen molar-refractivity contribution in [3.63, 3.8) is 0 Å². The van der Waals surface area contributed by atoms with Gasteiger partial charge >= 0.3 is 111 Å². The Balaban J connectivity index is -0.0000000800. The van der Waals surface area contributed by atoms with Crippen molar-refractivity contribution in [2.45, 2.75) is 13.1 Å². The Morgan fingerprint density at radius 2 is 1.00 bits per heavy atom. The van der Waals surface area contributed by atoms with E-state index in [0.717, 1.165) is 0 Å². The Morgan fingerprint density at radius 3 is 1.00 bits per heavy atom. The molecule has 36 valence electrons. The quantitative estimate of drug-likeness (QED) is 0.431. The van der Waals surface area contributed by atoms with Crippen LogP contribution in [0.3, 0.4) is 0 Å². The van der Waals surface area contributed by atoms with Gasteiger partial charge in [-0.1, -0.05) is 0 Å². The van der Waals surface area contributed by atoms with E-state index >= 15 is 0 Å². The zero-order chi connectivity index (χ0) is 4.50. The monoisotopic (exact) mass is 172 g/mol. The van der Waals surface area contributed by atoms with E-state index in [1.54, 1.807) is 0 Å². The molecule has 0 radical (unpaired) electrons. The van der Waals surface area contributed by atoms with Gasteiger partial charge in [0.25, 0.3) is 0 Å². The summed E-state index contributed by atoms with van der Waals surface area (Å²) in [6.07, 6.45) is 0. The van der Waals surface area contributed by atoms with Crippen molar-refractivity contribution in [2.75, 3.05) is 0 Å². The fourth-order valence-electron chi connectivity index (χ4n) is 0. The van der Waals surface area contributed by atoms with Gasteiger partial charge in [-0.25, -0.2) is 0 Å². The molecule has 0 amide bonds. The minimum absolute atomic E-state index is 0. The molecule has 0 aromatic rings. The van der Waals surface area contributed by atoms with Crippen molar-refractivity contribution in [1.82, 2.24) is 0 Å². The first-order chi connectivity index (χ1) is 2.00. The van der Waals surface area contributed by atoms with E-state index < -0.39 is 8.56 Å². The fraction of sp³-hybridized carbons (Fsp3) is 1.00. The van der Waals surface area contributed by atoms with Crippen molar-refractivity contribution in [2.24, 2.45) is 0 Å². The molecule has 5 heteroatoms. The average Bonchev–Trinajstić information content (AvgIpc) is 0.722. The summed E-state index contributed by atoms with van der Waals surface area (Å²) < 4.78 is 0. The second-order valence-corrected chi connectivity index (χ2v) is 4.48. The number of hydrogen-bond donors (Lipinski definition) is 2. The number of hydrogen-bond acceptors (Lipinski definition) is 2. The van der Waals surface area contributed by atoms with Gasteiger partial charge < -0.3 is 9.59 Å². The van der Waals surface area contributed by atoms with Gasteiger partial charge in [-0.2, -0.15) is 0 Å². The minimum atomic E-state index is -2.61. The Hall–Kier alpha value is 3.41. The molecule has 0 rings (SSSR count). The summed E-state index contributed by atoms with van der Waals surface area (Å²) in [6, 6.07) is 0. The maximum atomic E-state index is 8.22. The van der Waals surface area contributed by atoms with Crippen LogP contribution < -0.4 is 0 Å². The Bertz CT molecular complexity index is 29.2. The summed E-state index contributed by atoms with van der Waals surface area (Å²) >= 11 is 0. The molecule has 0 spiro atoms. The third kappa shape index (κ3) is 44.4. The van der Waals surface area contributed by atoms with Crippen LogP contribution in [-0.2, 0) is 0 Å². The van der Waals surface area contributed by atoms with Crippen LogP contribution in [0.25, 0.3) is 0 Å². The standard InChI is InChI=1S/C2H8O2Si.2K.2H/c1-5(2,3)4;;;;/h3-4H,1-2H3;;;;. The molecule has 0 aromatic carbocycles. The van der Waals surface area contributed by atoms with Crippen molar-refractivity contribution in [3.8, 4) is 0 Å². The Labute approximate surface area is 130 Å². The first kappa shape index (κ1) is 16.8. The molecular weight excluding hydrogens is 162 g/mol. The molecule has 0 aliphatic heterocycles. The van der Waals surface area contributed by atoms with Crippen molar-refractivity contribution < 1.29 is 9.59 Å². The molecular formula is C2H10K2O2Si. The normalized spacial score (nSPS) is 8.57. The van der Waals surface area contributed by atoms with Crippen LogP contribution in [0.1, 0.15) is 0 Å². The van der Waals surface area contributed by atoms with E-state index in [2.05, 4.69) is 0 Å². The number of rotatable bonds is 0. The topological polar surface area (TPSA) is 40.5 Å². The van der Waals surface area contributed by atoms with Crippen LogP contribution in [0, 0.1) is 0 Å². The molecule has 2 nitrogen and oxygen atoms in total. The molecule has 0 heterocycles. The summed E-state index contributed by atoms with van der Waals surface area (Å²) in [4.78, 5) is 16.4. The van der Waals surface area contributed by atoms with Gasteiger partial charge in [-0.15, -0.1) is 0 Å². The summed E-state index contributed by atoms with van der Waals surface area (Å²) in [5.41, 5.74) is 0.